The highest BCUT2D eigenvalue weighted by Gasteiger charge is 2.22. The molecule has 0 radical (unpaired) electrons. The fraction of sp³-hybridized carbons (Fsp3) is 0.300. The number of piperazine rings is 1. The summed E-state index contributed by atoms with van der Waals surface area (Å²) in [6, 6.07) is 17.2. The van der Waals surface area contributed by atoms with Crippen LogP contribution in [0.2, 0.25) is 5.02 Å². The standard InChI is InChI=1S/C20H22ClN3O2/c21-17-8-4-5-9-18(17)23-10-12-24(13-11-23)20(26)15-22-19(25)14-16-6-2-1-3-7-16/h1-9H,10-15H2,(H,22,25). The average molecular weight is 372 g/mol. The summed E-state index contributed by atoms with van der Waals surface area (Å²) in [5.74, 6) is -0.190. The first-order chi connectivity index (χ1) is 12.6. The fourth-order valence-electron chi connectivity index (χ4n) is 3.03. The molecule has 0 bridgehead atoms. The summed E-state index contributed by atoms with van der Waals surface area (Å²) in [7, 11) is 0. The normalized spacial score (nSPS) is 14.2. The van der Waals surface area contributed by atoms with Crippen LogP contribution in [-0.4, -0.2) is 49.4 Å². The molecule has 1 heterocycles. The fourth-order valence-corrected chi connectivity index (χ4v) is 3.29. The van der Waals surface area contributed by atoms with Gasteiger partial charge in [-0.2, -0.15) is 0 Å². The Morgan fingerprint density at radius 2 is 1.58 bits per heavy atom. The number of carbonyl (C=O) groups excluding carboxylic acids is 2. The lowest BCUT2D eigenvalue weighted by molar-refractivity contribution is -0.133. The van der Waals surface area contributed by atoms with Crippen molar-refractivity contribution < 1.29 is 9.59 Å². The Balaban J connectivity index is 1.44. The van der Waals surface area contributed by atoms with Crippen LogP contribution in [0.25, 0.3) is 0 Å². The van der Waals surface area contributed by atoms with E-state index in [2.05, 4.69) is 10.2 Å². The second kappa shape index (κ2) is 8.72. The number of amides is 2. The third kappa shape index (κ3) is 4.76. The highest BCUT2D eigenvalue weighted by Crippen LogP contribution is 2.25. The van der Waals surface area contributed by atoms with Gasteiger partial charge in [-0.1, -0.05) is 54.1 Å². The Morgan fingerprint density at radius 1 is 0.923 bits per heavy atom. The SMILES string of the molecule is O=C(Cc1ccccc1)NCC(=O)N1CCN(c2ccccc2Cl)CC1. The van der Waals surface area contributed by atoms with Crippen LogP contribution in [0.4, 0.5) is 5.69 Å². The molecule has 5 nitrogen and oxygen atoms in total. The lowest BCUT2D eigenvalue weighted by Gasteiger charge is -2.36. The molecular weight excluding hydrogens is 350 g/mol. The maximum absolute atomic E-state index is 12.3. The van der Waals surface area contributed by atoms with Crippen LogP contribution < -0.4 is 10.2 Å². The van der Waals surface area contributed by atoms with Crippen LogP contribution in [0.5, 0.6) is 0 Å². The lowest BCUT2D eigenvalue weighted by atomic mass is 10.1. The molecular formula is C20H22ClN3O2. The van der Waals surface area contributed by atoms with E-state index in [4.69, 9.17) is 11.6 Å². The Kier molecular flexibility index (Phi) is 6.12. The van der Waals surface area contributed by atoms with Crippen LogP contribution in [-0.2, 0) is 16.0 Å². The number of nitrogens with zero attached hydrogens (tertiary/aromatic N) is 2. The Labute approximate surface area is 158 Å². The minimum absolute atomic E-state index is 0.0394. The molecule has 1 fully saturated rings. The first kappa shape index (κ1) is 18.3. The Hall–Kier alpha value is -2.53. The van der Waals surface area contributed by atoms with Gasteiger partial charge in [0.2, 0.25) is 11.8 Å². The Morgan fingerprint density at radius 3 is 2.27 bits per heavy atom. The van der Waals surface area contributed by atoms with Crippen molar-refractivity contribution in [1.82, 2.24) is 10.2 Å². The van der Waals surface area contributed by atoms with Crippen molar-refractivity contribution in [3.63, 3.8) is 0 Å². The van der Waals surface area contributed by atoms with E-state index in [1.54, 1.807) is 4.90 Å². The van der Waals surface area contributed by atoms with Gasteiger partial charge in [-0.15, -0.1) is 0 Å². The molecule has 6 heteroatoms. The van der Waals surface area contributed by atoms with Gasteiger partial charge in [0.15, 0.2) is 0 Å². The van der Waals surface area contributed by atoms with Gasteiger partial charge < -0.3 is 15.1 Å². The van der Waals surface area contributed by atoms with Crippen molar-refractivity contribution in [2.75, 3.05) is 37.6 Å². The predicted octanol–water partition coefficient (Wildman–Crippen LogP) is 2.35. The number of hydrogen-bond acceptors (Lipinski definition) is 3. The molecule has 2 amide bonds. The van der Waals surface area contributed by atoms with Crippen molar-refractivity contribution in [3.05, 3.63) is 65.2 Å². The molecule has 0 saturated carbocycles. The highest BCUT2D eigenvalue weighted by molar-refractivity contribution is 6.33. The summed E-state index contributed by atoms with van der Waals surface area (Å²) in [6.07, 6.45) is 0.286. The smallest absolute Gasteiger partial charge is 0.242 e. The first-order valence-electron chi connectivity index (χ1n) is 8.71. The highest BCUT2D eigenvalue weighted by atomic mass is 35.5. The zero-order chi connectivity index (χ0) is 18.4. The summed E-state index contributed by atoms with van der Waals surface area (Å²) >= 11 is 6.24. The molecule has 0 aromatic heterocycles. The van der Waals surface area contributed by atoms with Crippen molar-refractivity contribution in [2.45, 2.75) is 6.42 Å². The summed E-state index contributed by atoms with van der Waals surface area (Å²) < 4.78 is 0. The number of rotatable bonds is 5. The van der Waals surface area contributed by atoms with Gasteiger partial charge in [0.05, 0.1) is 23.7 Å². The number of benzene rings is 2. The number of halogens is 1. The second-order valence-electron chi connectivity index (χ2n) is 6.26. The van der Waals surface area contributed by atoms with Gasteiger partial charge in [-0.25, -0.2) is 0 Å². The molecule has 0 spiro atoms. The van der Waals surface area contributed by atoms with E-state index in [9.17, 15) is 9.59 Å². The summed E-state index contributed by atoms with van der Waals surface area (Å²) in [4.78, 5) is 28.3. The molecule has 2 aromatic rings. The van der Waals surface area contributed by atoms with Crippen LogP contribution in [0.15, 0.2) is 54.6 Å². The molecule has 0 aliphatic carbocycles. The third-order valence-electron chi connectivity index (χ3n) is 4.47. The van der Waals surface area contributed by atoms with Gasteiger partial charge in [0.1, 0.15) is 0 Å². The second-order valence-corrected chi connectivity index (χ2v) is 6.67. The largest absolute Gasteiger partial charge is 0.367 e. The molecule has 26 heavy (non-hydrogen) atoms. The van der Waals surface area contributed by atoms with E-state index in [1.807, 2.05) is 54.6 Å². The molecule has 2 aromatic carbocycles. The number of anilines is 1. The van der Waals surface area contributed by atoms with E-state index in [0.717, 1.165) is 29.4 Å². The van der Waals surface area contributed by atoms with Gasteiger partial charge in [0, 0.05) is 26.2 Å². The van der Waals surface area contributed by atoms with E-state index >= 15 is 0 Å². The molecule has 1 aliphatic heterocycles. The molecule has 1 N–H and O–H groups in total. The van der Waals surface area contributed by atoms with Crippen LogP contribution in [0.3, 0.4) is 0 Å². The zero-order valence-electron chi connectivity index (χ0n) is 14.5. The van der Waals surface area contributed by atoms with Crippen molar-refractivity contribution in [2.24, 2.45) is 0 Å². The quantitative estimate of drug-likeness (QED) is 0.877. The van der Waals surface area contributed by atoms with Crippen LogP contribution >= 0.6 is 11.6 Å². The molecule has 3 rings (SSSR count). The van der Waals surface area contributed by atoms with Crippen molar-refractivity contribution in [1.29, 1.82) is 0 Å². The van der Waals surface area contributed by atoms with Crippen molar-refractivity contribution in [3.8, 4) is 0 Å². The zero-order valence-corrected chi connectivity index (χ0v) is 15.3. The summed E-state index contributed by atoms with van der Waals surface area (Å²) in [5, 5.41) is 3.44. The Bertz CT molecular complexity index is 759. The maximum Gasteiger partial charge on any atom is 0.242 e. The predicted molar refractivity (Wildman–Crippen MR) is 103 cm³/mol. The van der Waals surface area contributed by atoms with Crippen LogP contribution in [0, 0.1) is 0 Å². The van der Waals surface area contributed by atoms with Gasteiger partial charge >= 0.3 is 0 Å². The molecule has 0 unspecified atom stereocenters. The van der Waals surface area contributed by atoms with Gasteiger partial charge in [0.25, 0.3) is 0 Å². The van der Waals surface area contributed by atoms with Gasteiger partial charge in [-0.05, 0) is 17.7 Å². The van der Waals surface area contributed by atoms with E-state index in [1.165, 1.54) is 0 Å². The number of hydrogen-bond donors (Lipinski definition) is 1. The number of para-hydroxylation sites is 1. The maximum atomic E-state index is 12.3. The summed E-state index contributed by atoms with van der Waals surface area (Å²) in [6.45, 7) is 2.75. The molecule has 0 atom stereocenters. The van der Waals surface area contributed by atoms with Crippen molar-refractivity contribution >= 4 is 29.1 Å². The van der Waals surface area contributed by atoms with Gasteiger partial charge in [-0.3, -0.25) is 9.59 Å². The monoisotopic (exact) mass is 371 g/mol. The topological polar surface area (TPSA) is 52.7 Å². The minimum Gasteiger partial charge on any atom is -0.367 e. The number of nitrogens with one attached hydrogen (secondary N) is 1. The third-order valence-corrected chi connectivity index (χ3v) is 4.79. The van der Waals surface area contributed by atoms with E-state index in [-0.39, 0.29) is 24.8 Å². The summed E-state index contributed by atoms with van der Waals surface area (Å²) in [5.41, 5.74) is 1.93. The van der Waals surface area contributed by atoms with Crippen LogP contribution in [0.1, 0.15) is 5.56 Å². The van der Waals surface area contributed by atoms with E-state index < -0.39 is 0 Å². The number of carbonyl (C=O) groups is 2. The first-order valence-corrected chi connectivity index (χ1v) is 9.09. The lowest BCUT2D eigenvalue weighted by Crippen LogP contribution is -2.51. The molecule has 136 valence electrons. The average Bonchev–Trinajstić information content (AvgIpc) is 2.67. The molecule has 1 saturated heterocycles. The van der Waals surface area contributed by atoms with E-state index in [0.29, 0.717) is 13.1 Å². The molecule has 1 aliphatic rings. The minimum atomic E-state index is -0.140.